The van der Waals surface area contributed by atoms with Crippen LogP contribution in [0.5, 0.6) is 0 Å². The second-order valence-corrected chi connectivity index (χ2v) is 9.14. The molecular formula is C19H23N5O4S. The number of hydrogen-bond donors (Lipinski definition) is 2. The second kappa shape index (κ2) is 8.18. The molecule has 0 saturated heterocycles. The van der Waals surface area contributed by atoms with Crippen LogP contribution in [0.2, 0.25) is 0 Å². The Balaban J connectivity index is 1.79. The van der Waals surface area contributed by atoms with Crippen LogP contribution in [-0.2, 0) is 16.6 Å². The van der Waals surface area contributed by atoms with Gasteiger partial charge < -0.3 is 9.73 Å². The average molecular weight is 417 g/mol. The number of nitrogens with one attached hydrogen (secondary N) is 2. The maximum atomic E-state index is 12.7. The standard InChI is InChI=1S/C19H23N5O4S/c1-19(2,3)23-29(26,27)17-10-9-16(28-17)18(25)22-15(11-24-13-20-12-21-24)14-7-5-4-6-8-14/h4-10,12-13,15,23H,11H2,1-3H3,(H,22,25). The predicted molar refractivity (Wildman–Crippen MR) is 105 cm³/mol. The van der Waals surface area contributed by atoms with E-state index in [4.69, 9.17) is 4.42 Å². The van der Waals surface area contributed by atoms with Gasteiger partial charge in [-0.3, -0.25) is 9.48 Å². The zero-order chi connectivity index (χ0) is 21.1. The van der Waals surface area contributed by atoms with Gasteiger partial charge in [0.25, 0.3) is 15.9 Å². The van der Waals surface area contributed by atoms with Crippen LogP contribution in [0.15, 0.2) is 64.6 Å². The van der Waals surface area contributed by atoms with E-state index in [1.807, 2.05) is 30.3 Å². The van der Waals surface area contributed by atoms with E-state index in [1.54, 1.807) is 31.8 Å². The van der Waals surface area contributed by atoms with Crippen molar-refractivity contribution in [3.05, 3.63) is 66.4 Å². The van der Waals surface area contributed by atoms with Crippen LogP contribution in [0, 0.1) is 0 Å². The van der Waals surface area contributed by atoms with Crippen molar-refractivity contribution in [2.24, 2.45) is 0 Å². The number of hydrogen-bond acceptors (Lipinski definition) is 6. The summed E-state index contributed by atoms with van der Waals surface area (Å²) < 4.78 is 34.2. The quantitative estimate of drug-likeness (QED) is 0.608. The smallest absolute Gasteiger partial charge is 0.287 e. The van der Waals surface area contributed by atoms with Crippen LogP contribution in [0.1, 0.15) is 42.9 Å². The summed E-state index contributed by atoms with van der Waals surface area (Å²) in [5.41, 5.74) is 0.190. The molecule has 3 aromatic rings. The highest BCUT2D eigenvalue weighted by Crippen LogP contribution is 2.19. The molecule has 1 aromatic carbocycles. The highest BCUT2D eigenvalue weighted by Gasteiger charge is 2.27. The summed E-state index contributed by atoms with van der Waals surface area (Å²) in [7, 11) is -3.87. The molecule has 0 aliphatic carbocycles. The number of sulfonamides is 1. The van der Waals surface area contributed by atoms with Gasteiger partial charge in [-0.2, -0.15) is 5.10 Å². The first kappa shape index (κ1) is 20.7. The van der Waals surface area contributed by atoms with Crippen molar-refractivity contribution in [2.75, 3.05) is 0 Å². The largest absolute Gasteiger partial charge is 0.438 e. The molecule has 10 heteroatoms. The van der Waals surface area contributed by atoms with E-state index in [9.17, 15) is 13.2 Å². The molecule has 0 spiro atoms. The van der Waals surface area contributed by atoms with Gasteiger partial charge in [-0.1, -0.05) is 30.3 Å². The lowest BCUT2D eigenvalue weighted by atomic mass is 10.1. The number of nitrogens with zero attached hydrogens (tertiary/aromatic N) is 3. The molecule has 0 radical (unpaired) electrons. The third-order valence-corrected chi connectivity index (χ3v) is 5.48. The zero-order valence-corrected chi connectivity index (χ0v) is 17.2. The molecule has 1 unspecified atom stereocenters. The number of benzene rings is 1. The SMILES string of the molecule is CC(C)(C)NS(=O)(=O)c1ccc(C(=O)NC(Cn2cncn2)c2ccccc2)o1. The van der Waals surface area contributed by atoms with Gasteiger partial charge in [0.2, 0.25) is 5.09 Å². The lowest BCUT2D eigenvalue weighted by molar-refractivity contribution is 0.0898. The lowest BCUT2D eigenvalue weighted by Gasteiger charge is -2.19. The van der Waals surface area contributed by atoms with Gasteiger partial charge in [0, 0.05) is 5.54 Å². The predicted octanol–water partition coefficient (Wildman–Crippen LogP) is 2.12. The highest BCUT2D eigenvalue weighted by molar-refractivity contribution is 7.89. The molecule has 0 fully saturated rings. The maximum absolute atomic E-state index is 12.7. The Kier molecular flexibility index (Phi) is 5.85. The highest BCUT2D eigenvalue weighted by atomic mass is 32.2. The van der Waals surface area contributed by atoms with Crippen LogP contribution in [0.3, 0.4) is 0 Å². The Hall–Kier alpha value is -2.98. The van der Waals surface area contributed by atoms with Crippen LogP contribution in [-0.4, -0.2) is 34.6 Å². The van der Waals surface area contributed by atoms with E-state index < -0.39 is 27.5 Å². The number of carbonyl (C=O) groups is 1. The summed E-state index contributed by atoms with van der Waals surface area (Å²) in [5, 5.41) is 6.62. The summed E-state index contributed by atoms with van der Waals surface area (Å²) in [6, 6.07) is 11.6. The topological polar surface area (TPSA) is 119 Å². The van der Waals surface area contributed by atoms with Crippen LogP contribution < -0.4 is 10.0 Å². The summed E-state index contributed by atoms with van der Waals surface area (Å²) in [6.07, 6.45) is 2.97. The van der Waals surface area contributed by atoms with Crippen molar-refractivity contribution in [1.82, 2.24) is 24.8 Å². The Morgan fingerprint density at radius 3 is 2.52 bits per heavy atom. The fraction of sp³-hybridized carbons (Fsp3) is 0.316. The molecule has 0 saturated carbocycles. The fourth-order valence-electron chi connectivity index (χ4n) is 2.70. The fourth-order valence-corrected chi connectivity index (χ4v) is 4.06. The molecular weight excluding hydrogens is 394 g/mol. The van der Waals surface area contributed by atoms with E-state index >= 15 is 0 Å². The number of rotatable bonds is 7. The number of amides is 1. The molecule has 1 atom stereocenters. The summed E-state index contributed by atoms with van der Waals surface area (Å²) in [5.74, 6) is -0.630. The minimum absolute atomic E-state index is 0.0983. The van der Waals surface area contributed by atoms with E-state index in [2.05, 4.69) is 20.1 Å². The number of aromatic nitrogens is 3. The Morgan fingerprint density at radius 1 is 1.17 bits per heavy atom. The first-order valence-electron chi connectivity index (χ1n) is 8.96. The third kappa shape index (κ3) is 5.52. The summed E-state index contributed by atoms with van der Waals surface area (Å²) >= 11 is 0. The Bertz CT molecular complexity index is 1050. The second-order valence-electron chi connectivity index (χ2n) is 7.53. The molecule has 154 valence electrons. The zero-order valence-electron chi connectivity index (χ0n) is 16.4. The van der Waals surface area contributed by atoms with Crippen molar-refractivity contribution in [2.45, 2.75) is 44.0 Å². The van der Waals surface area contributed by atoms with Crippen molar-refractivity contribution >= 4 is 15.9 Å². The van der Waals surface area contributed by atoms with E-state index in [0.29, 0.717) is 6.54 Å². The van der Waals surface area contributed by atoms with E-state index in [-0.39, 0.29) is 10.9 Å². The summed E-state index contributed by atoms with van der Waals surface area (Å²) in [6.45, 7) is 5.51. The molecule has 0 aliphatic heterocycles. The van der Waals surface area contributed by atoms with Gasteiger partial charge in [-0.15, -0.1) is 0 Å². The first-order chi connectivity index (χ1) is 13.6. The minimum Gasteiger partial charge on any atom is -0.438 e. The molecule has 2 aromatic heterocycles. The van der Waals surface area contributed by atoms with Crippen molar-refractivity contribution in [3.8, 4) is 0 Å². The number of carbonyl (C=O) groups excluding carboxylic acids is 1. The molecule has 1 amide bonds. The van der Waals surface area contributed by atoms with Gasteiger partial charge in [0.05, 0.1) is 12.6 Å². The maximum Gasteiger partial charge on any atom is 0.287 e. The van der Waals surface area contributed by atoms with Crippen LogP contribution >= 0.6 is 0 Å². The normalized spacial score (nSPS) is 13.2. The van der Waals surface area contributed by atoms with Crippen molar-refractivity contribution < 1.29 is 17.6 Å². The molecule has 2 N–H and O–H groups in total. The van der Waals surface area contributed by atoms with E-state index in [1.165, 1.54) is 18.5 Å². The van der Waals surface area contributed by atoms with Gasteiger partial charge in [-0.05, 0) is 38.5 Å². The molecule has 9 nitrogen and oxygen atoms in total. The number of furan rings is 1. The molecule has 2 heterocycles. The lowest BCUT2D eigenvalue weighted by Crippen LogP contribution is -2.40. The third-order valence-electron chi connectivity index (χ3n) is 3.85. The molecule has 29 heavy (non-hydrogen) atoms. The Morgan fingerprint density at radius 2 is 1.90 bits per heavy atom. The van der Waals surface area contributed by atoms with Crippen LogP contribution in [0.4, 0.5) is 0 Å². The first-order valence-corrected chi connectivity index (χ1v) is 10.4. The average Bonchev–Trinajstić information content (AvgIpc) is 3.32. The van der Waals surface area contributed by atoms with E-state index in [0.717, 1.165) is 5.56 Å². The molecule has 3 rings (SSSR count). The molecule has 0 aliphatic rings. The van der Waals surface area contributed by atoms with Gasteiger partial charge >= 0.3 is 0 Å². The van der Waals surface area contributed by atoms with Crippen molar-refractivity contribution in [3.63, 3.8) is 0 Å². The Labute approximate surface area is 169 Å². The minimum atomic E-state index is -3.87. The van der Waals surface area contributed by atoms with Crippen LogP contribution in [0.25, 0.3) is 0 Å². The summed E-state index contributed by atoms with van der Waals surface area (Å²) in [4.78, 5) is 16.6. The van der Waals surface area contributed by atoms with Gasteiger partial charge in [-0.25, -0.2) is 18.1 Å². The monoisotopic (exact) mass is 417 g/mol. The van der Waals surface area contributed by atoms with Gasteiger partial charge in [0.15, 0.2) is 5.76 Å². The van der Waals surface area contributed by atoms with Gasteiger partial charge in [0.1, 0.15) is 12.7 Å². The molecule has 0 bridgehead atoms. The van der Waals surface area contributed by atoms with Crippen molar-refractivity contribution in [1.29, 1.82) is 0 Å².